The van der Waals surface area contributed by atoms with Gasteiger partial charge in [0.05, 0.1) is 11.4 Å². The van der Waals surface area contributed by atoms with Gasteiger partial charge in [0, 0.05) is 17.5 Å². The van der Waals surface area contributed by atoms with Crippen LogP contribution in [0, 0.1) is 0 Å². The second-order valence-corrected chi connectivity index (χ2v) is 7.85. The van der Waals surface area contributed by atoms with Gasteiger partial charge in [0.1, 0.15) is 5.82 Å². The molecular formula is C20H28N4O. The minimum atomic E-state index is -0.149. The van der Waals surface area contributed by atoms with Crippen molar-refractivity contribution in [2.75, 3.05) is 5.32 Å². The molecule has 3 rings (SSSR count). The number of para-hydroxylation sites is 1. The highest BCUT2D eigenvalue weighted by atomic mass is 16.2. The van der Waals surface area contributed by atoms with Gasteiger partial charge in [0.25, 0.3) is 0 Å². The fourth-order valence-electron chi connectivity index (χ4n) is 3.19. The third kappa shape index (κ3) is 4.41. The van der Waals surface area contributed by atoms with Gasteiger partial charge in [-0.05, 0) is 25.0 Å². The van der Waals surface area contributed by atoms with Crippen LogP contribution in [0.4, 0.5) is 10.6 Å². The minimum absolute atomic E-state index is 0.0870. The number of rotatable bonds is 3. The molecule has 1 heterocycles. The third-order valence-corrected chi connectivity index (χ3v) is 4.66. The number of anilines is 1. The minimum Gasteiger partial charge on any atom is -0.335 e. The molecular weight excluding hydrogens is 312 g/mol. The van der Waals surface area contributed by atoms with Crippen LogP contribution in [0.15, 0.2) is 36.4 Å². The lowest BCUT2D eigenvalue weighted by Gasteiger charge is -2.22. The van der Waals surface area contributed by atoms with E-state index in [9.17, 15) is 4.79 Å². The summed E-state index contributed by atoms with van der Waals surface area (Å²) in [4.78, 5) is 12.5. The SMILES string of the molecule is CC(C)(C)c1cc(NC(=O)NC2CCCCC2)n(-c2ccccc2)n1. The number of carbonyl (C=O) groups excluding carboxylic acids is 1. The van der Waals surface area contributed by atoms with Gasteiger partial charge < -0.3 is 5.32 Å². The number of benzene rings is 1. The van der Waals surface area contributed by atoms with Crippen molar-refractivity contribution >= 4 is 11.8 Å². The van der Waals surface area contributed by atoms with Gasteiger partial charge in [-0.15, -0.1) is 0 Å². The molecule has 5 nitrogen and oxygen atoms in total. The average Bonchev–Trinajstić information content (AvgIpc) is 3.00. The number of nitrogens with zero attached hydrogens (tertiary/aromatic N) is 2. The second-order valence-electron chi connectivity index (χ2n) is 7.85. The summed E-state index contributed by atoms with van der Waals surface area (Å²) >= 11 is 0. The van der Waals surface area contributed by atoms with Crippen LogP contribution in [0.1, 0.15) is 58.6 Å². The maximum atomic E-state index is 12.5. The van der Waals surface area contributed by atoms with Crippen molar-refractivity contribution in [3.63, 3.8) is 0 Å². The molecule has 2 amide bonds. The van der Waals surface area contributed by atoms with Gasteiger partial charge in [-0.2, -0.15) is 5.10 Å². The molecule has 134 valence electrons. The molecule has 2 N–H and O–H groups in total. The summed E-state index contributed by atoms with van der Waals surface area (Å²) in [5, 5.41) is 10.8. The molecule has 0 bridgehead atoms. The Morgan fingerprint density at radius 2 is 1.80 bits per heavy atom. The maximum Gasteiger partial charge on any atom is 0.320 e. The van der Waals surface area contributed by atoms with E-state index in [-0.39, 0.29) is 17.5 Å². The Morgan fingerprint density at radius 1 is 1.12 bits per heavy atom. The Hall–Kier alpha value is -2.30. The Bertz CT molecular complexity index is 709. The highest BCUT2D eigenvalue weighted by molar-refractivity contribution is 5.89. The number of carbonyl (C=O) groups is 1. The van der Waals surface area contributed by atoms with Crippen molar-refractivity contribution in [1.29, 1.82) is 0 Å². The Labute approximate surface area is 149 Å². The topological polar surface area (TPSA) is 59.0 Å². The van der Waals surface area contributed by atoms with E-state index in [4.69, 9.17) is 5.10 Å². The van der Waals surface area contributed by atoms with Crippen molar-refractivity contribution in [3.8, 4) is 5.69 Å². The molecule has 0 aliphatic heterocycles. The highest BCUT2D eigenvalue weighted by Crippen LogP contribution is 2.26. The molecule has 0 spiro atoms. The fourth-order valence-corrected chi connectivity index (χ4v) is 3.19. The summed E-state index contributed by atoms with van der Waals surface area (Å²) in [6.07, 6.45) is 5.80. The van der Waals surface area contributed by atoms with Crippen LogP contribution in [0.2, 0.25) is 0 Å². The van der Waals surface area contributed by atoms with Crippen molar-refractivity contribution in [3.05, 3.63) is 42.1 Å². The first-order valence-corrected chi connectivity index (χ1v) is 9.17. The zero-order chi connectivity index (χ0) is 17.9. The molecule has 0 atom stereocenters. The van der Waals surface area contributed by atoms with E-state index in [1.807, 2.05) is 36.4 Å². The Balaban J connectivity index is 1.81. The first-order valence-electron chi connectivity index (χ1n) is 9.17. The summed E-state index contributed by atoms with van der Waals surface area (Å²) in [5.41, 5.74) is 1.80. The summed E-state index contributed by atoms with van der Waals surface area (Å²) in [6, 6.07) is 12.0. The molecule has 0 saturated heterocycles. The molecule has 1 aromatic carbocycles. The first kappa shape index (κ1) is 17.5. The van der Waals surface area contributed by atoms with Crippen LogP contribution in [0.3, 0.4) is 0 Å². The molecule has 1 aromatic heterocycles. The van der Waals surface area contributed by atoms with E-state index in [1.54, 1.807) is 4.68 Å². The van der Waals surface area contributed by atoms with Crippen molar-refractivity contribution < 1.29 is 4.79 Å². The van der Waals surface area contributed by atoms with Gasteiger partial charge in [-0.1, -0.05) is 58.2 Å². The number of aromatic nitrogens is 2. The normalized spacial score (nSPS) is 15.8. The lowest BCUT2D eigenvalue weighted by Crippen LogP contribution is -2.39. The largest absolute Gasteiger partial charge is 0.335 e. The van der Waals surface area contributed by atoms with Gasteiger partial charge >= 0.3 is 6.03 Å². The predicted octanol–water partition coefficient (Wildman–Crippen LogP) is 4.62. The number of nitrogens with one attached hydrogen (secondary N) is 2. The molecule has 1 saturated carbocycles. The summed E-state index contributed by atoms with van der Waals surface area (Å²) < 4.78 is 1.81. The smallest absolute Gasteiger partial charge is 0.320 e. The molecule has 1 aliphatic carbocycles. The number of hydrogen-bond acceptors (Lipinski definition) is 2. The lowest BCUT2D eigenvalue weighted by molar-refractivity contribution is 0.244. The highest BCUT2D eigenvalue weighted by Gasteiger charge is 2.22. The molecule has 2 aromatic rings. The molecule has 1 aliphatic rings. The number of hydrogen-bond donors (Lipinski definition) is 2. The number of amides is 2. The summed E-state index contributed by atoms with van der Waals surface area (Å²) in [5.74, 6) is 0.699. The van der Waals surface area contributed by atoms with Crippen molar-refractivity contribution in [1.82, 2.24) is 15.1 Å². The Morgan fingerprint density at radius 3 is 2.44 bits per heavy atom. The third-order valence-electron chi connectivity index (χ3n) is 4.66. The maximum absolute atomic E-state index is 12.5. The van der Waals surface area contributed by atoms with Gasteiger partial charge in [-0.3, -0.25) is 5.32 Å². The second kappa shape index (κ2) is 7.30. The van der Waals surface area contributed by atoms with E-state index >= 15 is 0 Å². The van der Waals surface area contributed by atoms with Crippen LogP contribution in [0.25, 0.3) is 5.69 Å². The van der Waals surface area contributed by atoms with E-state index in [1.165, 1.54) is 19.3 Å². The molecule has 25 heavy (non-hydrogen) atoms. The first-order chi connectivity index (χ1) is 11.9. The van der Waals surface area contributed by atoms with Crippen molar-refractivity contribution in [2.24, 2.45) is 0 Å². The van der Waals surface area contributed by atoms with Crippen LogP contribution in [0.5, 0.6) is 0 Å². The summed E-state index contributed by atoms with van der Waals surface area (Å²) in [7, 11) is 0. The van der Waals surface area contributed by atoms with E-state index in [0.29, 0.717) is 5.82 Å². The van der Waals surface area contributed by atoms with E-state index < -0.39 is 0 Å². The molecule has 5 heteroatoms. The predicted molar refractivity (Wildman–Crippen MR) is 101 cm³/mol. The van der Waals surface area contributed by atoms with E-state index in [0.717, 1.165) is 24.2 Å². The summed E-state index contributed by atoms with van der Waals surface area (Å²) in [6.45, 7) is 6.36. The zero-order valence-corrected chi connectivity index (χ0v) is 15.4. The van der Waals surface area contributed by atoms with Crippen LogP contribution >= 0.6 is 0 Å². The Kier molecular flexibility index (Phi) is 5.11. The molecule has 0 radical (unpaired) electrons. The lowest BCUT2D eigenvalue weighted by atomic mass is 9.92. The molecule has 1 fully saturated rings. The van der Waals surface area contributed by atoms with Gasteiger partial charge in [-0.25, -0.2) is 9.48 Å². The van der Waals surface area contributed by atoms with Crippen LogP contribution in [-0.2, 0) is 5.41 Å². The van der Waals surface area contributed by atoms with E-state index in [2.05, 4.69) is 31.4 Å². The van der Waals surface area contributed by atoms with Crippen LogP contribution in [-0.4, -0.2) is 21.9 Å². The molecule has 0 unspecified atom stereocenters. The number of urea groups is 1. The van der Waals surface area contributed by atoms with Gasteiger partial charge in [0.15, 0.2) is 0 Å². The van der Waals surface area contributed by atoms with Gasteiger partial charge in [0.2, 0.25) is 0 Å². The monoisotopic (exact) mass is 340 g/mol. The standard InChI is InChI=1S/C20H28N4O/c1-20(2,3)17-14-18(24(23-17)16-12-8-5-9-13-16)22-19(25)21-15-10-6-4-7-11-15/h5,8-9,12-15H,4,6-7,10-11H2,1-3H3,(H2,21,22,25). The quantitative estimate of drug-likeness (QED) is 0.856. The average molecular weight is 340 g/mol. The van der Waals surface area contributed by atoms with Crippen LogP contribution < -0.4 is 10.6 Å². The fraction of sp³-hybridized carbons (Fsp3) is 0.500. The van der Waals surface area contributed by atoms with Crippen molar-refractivity contribution in [2.45, 2.75) is 64.3 Å². The zero-order valence-electron chi connectivity index (χ0n) is 15.4.